The van der Waals surface area contributed by atoms with Crippen LogP contribution in [-0.2, 0) is 0 Å². The molecule has 0 aliphatic heterocycles. The molecule has 0 aliphatic carbocycles. The fraction of sp³-hybridized carbons (Fsp3) is 0.0800. The molecule has 1 heterocycles. The maximum Gasteiger partial charge on any atom is 0.272 e. The summed E-state index contributed by atoms with van der Waals surface area (Å²) >= 11 is 18.5. The average molecular weight is 483 g/mol. The number of benzene rings is 3. The van der Waals surface area contributed by atoms with Crippen LogP contribution in [0.5, 0.6) is 0 Å². The molecule has 1 aromatic heterocycles. The Bertz CT molecular complexity index is 1350. The van der Waals surface area contributed by atoms with Gasteiger partial charge in [0.15, 0.2) is 0 Å². The Morgan fingerprint density at radius 3 is 2.47 bits per heavy atom. The summed E-state index contributed by atoms with van der Waals surface area (Å²) in [6, 6.07) is 21.7. The zero-order valence-electron chi connectivity index (χ0n) is 17.1. The first-order valence-corrected chi connectivity index (χ1v) is 11.1. The summed E-state index contributed by atoms with van der Waals surface area (Å²) in [4.78, 5) is 17.9. The van der Waals surface area contributed by atoms with E-state index in [4.69, 9.17) is 34.8 Å². The molecule has 32 heavy (non-hydrogen) atoms. The van der Waals surface area contributed by atoms with Gasteiger partial charge in [0, 0.05) is 21.0 Å². The Balaban J connectivity index is 1.75. The number of pyridine rings is 1. The van der Waals surface area contributed by atoms with Crippen LogP contribution in [0.25, 0.3) is 22.2 Å². The number of nitrogens with one attached hydrogen (secondary N) is 1. The van der Waals surface area contributed by atoms with Gasteiger partial charge >= 0.3 is 0 Å². The van der Waals surface area contributed by atoms with Crippen LogP contribution < -0.4 is 5.43 Å². The Labute approximate surface area is 200 Å². The molecule has 4 aromatic rings. The maximum absolute atomic E-state index is 13.2. The number of hydrogen-bond donors (Lipinski definition) is 1. The van der Waals surface area contributed by atoms with Gasteiger partial charge in [0.2, 0.25) is 0 Å². The zero-order chi connectivity index (χ0) is 22.7. The van der Waals surface area contributed by atoms with E-state index in [1.54, 1.807) is 30.3 Å². The number of fused-ring (bicyclic) bond motifs is 1. The highest BCUT2D eigenvalue weighted by molar-refractivity contribution is 6.36. The van der Waals surface area contributed by atoms with Gasteiger partial charge in [0.05, 0.1) is 27.5 Å². The summed E-state index contributed by atoms with van der Waals surface area (Å²) in [7, 11) is 0. The molecule has 1 N–H and O–H groups in total. The highest BCUT2D eigenvalue weighted by Gasteiger charge is 2.16. The molecule has 0 saturated carbocycles. The fourth-order valence-corrected chi connectivity index (χ4v) is 4.09. The van der Waals surface area contributed by atoms with Gasteiger partial charge in [0.1, 0.15) is 0 Å². The van der Waals surface area contributed by atoms with Crippen LogP contribution in [0.4, 0.5) is 0 Å². The Morgan fingerprint density at radius 2 is 1.72 bits per heavy atom. The van der Waals surface area contributed by atoms with Crippen molar-refractivity contribution in [1.82, 2.24) is 10.4 Å². The van der Waals surface area contributed by atoms with E-state index in [1.807, 2.05) is 49.4 Å². The van der Waals surface area contributed by atoms with Gasteiger partial charge < -0.3 is 0 Å². The van der Waals surface area contributed by atoms with Crippen LogP contribution in [0.15, 0.2) is 77.9 Å². The molecule has 0 unspecified atom stereocenters. The topological polar surface area (TPSA) is 54.4 Å². The van der Waals surface area contributed by atoms with Gasteiger partial charge in [-0.1, -0.05) is 72.1 Å². The van der Waals surface area contributed by atoms with Gasteiger partial charge in [-0.25, -0.2) is 10.4 Å². The third-order valence-corrected chi connectivity index (χ3v) is 5.74. The largest absolute Gasteiger partial charge is 0.272 e. The molecule has 1 amide bonds. The van der Waals surface area contributed by atoms with Crippen molar-refractivity contribution in [2.24, 2.45) is 5.10 Å². The lowest BCUT2D eigenvalue weighted by atomic mass is 10.0. The summed E-state index contributed by atoms with van der Waals surface area (Å²) in [5.74, 6) is -0.345. The van der Waals surface area contributed by atoms with Crippen molar-refractivity contribution in [2.75, 3.05) is 0 Å². The minimum Gasteiger partial charge on any atom is -0.267 e. The predicted octanol–water partition coefficient (Wildman–Crippen LogP) is 7.41. The second-order valence-corrected chi connectivity index (χ2v) is 8.34. The predicted molar refractivity (Wildman–Crippen MR) is 133 cm³/mol. The first-order chi connectivity index (χ1) is 15.5. The molecular formula is C25H18Cl3N3O. The third-order valence-electron chi connectivity index (χ3n) is 4.95. The van der Waals surface area contributed by atoms with Crippen molar-refractivity contribution in [3.63, 3.8) is 0 Å². The smallest absolute Gasteiger partial charge is 0.267 e. The summed E-state index contributed by atoms with van der Waals surface area (Å²) < 4.78 is 0. The molecule has 0 radical (unpaired) electrons. The summed E-state index contributed by atoms with van der Waals surface area (Å²) in [5, 5.41) is 6.68. The Kier molecular flexibility index (Phi) is 6.75. The quantitative estimate of drug-likeness (QED) is 0.238. The second-order valence-electron chi connectivity index (χ2n) is 7.06. The van der Waals surface area contributed by atoms with E-state index in [1.165, 1.54) is 0 Å². The van der Waals surface area contributed by atoms with E-state index >= 15 is 0 Å². The third kappa shape index (κ3) is 4.78. The van der Waals surface area contributed by atoms with E-state index in [2.05, 4.69) is 15.5 Å². The number of amides is 1. The highest BCUT2D eigenvalue weighted by atomic mass is 35.5. The molecule has 3 aromatic carbocycles. The number of para-hydroxylation sites is 1. The minimum atomic E-state index is -0.345. The standard InChI is InChI=1S/C25H18Cl3N3O/c1-2-22(15-6-5-7-16(26)12-15)30-31-25(32)20-14-24(19-11-10-17(27)13-21(19)28)29-23-9-4-3-8-18(20)23/h3-14H,2H2,1H3,(H,31,32)/b30-22-. The Hall–Kier alpha value is -2.92. The molecule has 4 nitrogen and oxygen atoms in total. The molecular weight excluding hydrogens is 465 g/mol. The number of rotatable bonds is 5. The SMILES string of the molecule is CC/C(=N/NC(=O)c1cc(-c2ccc(Cl)cc2Cl)nc2ccccc12)c1cccc(Cl)c1. The number of carbonyl (C=O) groups excluding carboxylic acids is 1. The summed E-state index contributed by atoms with van der Waals surface area (Å²) in [6.07, 6.45) is 0.628. The molecule has 0 spiro atoms. The molecule has 7 heteroatoms. The van der Waals surface area contributed by atoms with Crippen LogP contribution in [0.2, 0.25) is 15.1 Å². The molecule has 4 rings (SSSR count). The highest BCUT2D eigenvalue weighted by Crippen LogP contribution is 2.31. The normalized spacial score (nSPS) is 11.6. The lowest BCUT2D eigenvalue weighted by Gasteiger charge is -2.11. The Morgan fingerprint density at radius 1 is 0.938 bits per heavy atom. The van der Waals surface area contributed by atoms with Crippen LogP contribution in [0, 0.1) is 0 Å². The molecule has 0 aliphatic rings. The van der Waals surface area contributed by atoms with Crippen molar-refractivity contribution in [2.45, 2.75) is 13.3 Å². The van der Waals surface area contributed by atoms with E-state index in [9.17, 15) is 4.79 Å². The number of aromatic nitrogens is 1. The number of carbonyl (C=O) groups is 1. The second kappa shape index (κ2) is 9.70. The zero-order valence-corrected chi connectivity index (χ0v) is 19.3. The van der Waals surface area contributed by atoms with E-state index in [-0.39, 0.29) is 5.91 Å². The van der Waals surface area contributed by atoms with E-state index in [0.717, 1.165) is 16.7 Å². The average Bonchev–Trinajstić information content (AvgIpc) is 2.78. The van der Waals surface area contributed by atoms with Crippen LogP contribution >= 0.6 is 34.8 Å². The van der Waals surface area contributed by atoms with Gasteiger partial charge in [-0.05, 0) is 54.4 Å². The van der Waals surface area contributed by atoms with Gasteiger partial charge in [-0.3, -0.25) is 4.79 Å². The van der Waals surface area contributed by atoms with E-state index in [0.29, 0.717) is 43.8 Å². The van der Waals surface area contributed by atoms with Crippen molar-refractivity contribution in [3.8, 4) is 11.3 Å². The number of hydrogen-bond acceptors (Lipinski definition) is 3. The van der Waals surface area contributed by atoms with Gasteiger partial charge in [0.25, 0.3) is 5.91 Å². The van der Waals surface area contributed by atoms with Crippen molar-refractivity contribution < 1.29 is 4.79 Å². The molecule has 160 valence electrons. The molecule has 0 fully saturated rings. The maximum atomic E-state index is 13.2. The molecule has 0 bridgehead atoms. The first kappa shape index (κ1) is 22.3. The fourth-order valence-electron chi connectivity index (χ4n) is 3.39. The van der Waals surface area contributed by atoms with E-state index < -0.39 is 0 Å². The number of hydrazone groups is 1. The van der Waals surface area contributed by atoms with Crippen LogP contribution in [0.1, 0.15) is 29.3 Å². The lowest BCUT2D eigenvalue weighted by molar-refractivity contribution is 0.0956. The lowest BCUT2D eigenvalue weighted by Crippen LogP contribution is -2.20. The van der Waals surface area contributed by atoms with Crippen LogP contribution in [0.3, 0.4) is 0 Å². The number of nitrogens with zero attached hydrogens (tertiary/aromatic N) is 2. The van der Waals surface area contributed by atoms with Crippen molar-refractivity contribution >= 4 is 57.3 Å². The molecule has 0 atom stereocenters. The summed E-state index contributed by atoms with van der Waals surface area (Å²) in [6.45, 7) is 1.97. The molecule has 0 saturated heterocycles. The van der Waals surface area contributed by atoms with Crippen molar-refractivity contribution in [1.29, 1.82) is 0 Å². The monoisotopic (exact) mass is 481 g/mol. The van der Waals surface area contributed by atoms with Crippen molar-refractivity contribution in [3.05, 3.63) is 99.0 Å². The summed E-state index contributed by atoms with van der Waals surface area (Å²) in [5.41, 5.74) is 6.65. The minimum absolute atomic E-state index is 0.345. The van der Waals surface area contributed by atoms with Gasteiger partial charge in [-0.15, -0.1) is 0 Å². The number of halogens is 3. The first-order valence-electron chi connectivity index (χ1n) is 9.94. The van der Waals surface area contributed by atoms with Gasteiger partial charge in [-0.2, -0.15) is 5.10 Å². The van der Waals surface area contributed by atoms with Crippen LogP contribution in [-0.4, -0.2) is 16.6 Å².